The molecular formula is C8H8N2O3S2. The van der Waals surface area contributed by atoms with E-state index in [0.717, 1.165) is 17.9 Å². The van der Waals surface area contributed by atoms with Gasteiger partial charge in [0.05, 0.1) is 4.24 Å². The topological polar surface area (TPSA) is 75.3 Å². The molecule has 2 aliphatic heterocycles. The first-order valence-electron chi connectivity index (χ1n) is 4.35. The van der Waals surface area contributed by atoms with Gasteiger partial charge in [-0.25, -0.2) is 4.79 Å². The predicted octanol–water partition coefficient (Wildman–Crippen LogP) is 0.434. The van der Waals surface area contributed by atoms with Crippen molar-refractivity contribution in [2.75, 3.05) is 11.5 Å². The molecule has 0 bridgehead atoms. The summed E-state index contributed by atoms with van der Waals surface area (Å²) in [6.45, 7) is 0. The molecule has 0 spiro atoms. The Morgan fingerprint density at radius 1 is 0.933 bits per heavy atom. The summed E-state index contributed by atoms with van der Waals surface area (Å²) < 4.78 is 0.712. The van der Waals surface area contributed by atoms with Crippen LogP contribution >= 0.6 is 23.5 Å². The molecule has 0 saturated carbocycles. The largest absolute Gasteiger partial charge is 0.328 e. The number of barbiturate groups is 1. The summed E-state index contributed by atoms with van der Waals surface area (Å²) in [5, 5.41) is 4.13. The van der Waals surface area contributed by atoms with Crippen LogP contribution in [-0.4, -0.2) is 29.4 Å². The van der Waals surface area contributed by atoms with Gasteiger partial charge in [0.2, 0.25) is 0 Å². The second-order valence-electron chi connectivity index (χ2n) is 2.95. The Kier molecular flexibility index (Phi) is 3.01. The van der Waals surface area contributed by atoms with Gasteiger partial charge < -0.3 is 0 Å². The molecule has 2 fully saturated rings. The maximum absolute atomic E-state index is 11.4. The summed E-state index contributed by atoms with van der Waals surface area (Å²) in [4.78, 5) is 33.7. The highest BCUT2D eigenvalue weighted by Gasteiger charge is 2.31. The molecule has 2 rings (SSSR count). The minimum Gasteiger partial charge on any atom is -0.273 e. The quantitative estimate of drug-likeness (QED) is 0.477. The summed E-state index contributed by atoms with van der Waals surface area (Å²) in [6, 6.07) is -0.750. The maximum atomic E-state index is 11.4. The van der Waals surface area contributed by atoms with E-state index in [9.17, 15) is 14.4 Å². The highest BCUT2D eigenvalue weighted by atomic mass is 32.2. The molecule has 80 valence electrons. The van der Waals surface area contributed by atoms with E-state index >= 15 is 0 Å². The zero-order chi connectivity index (χ0) is 10.8. The van der Waals surface area contributed by atoms with Crippen LogP contribution in [0.2, 0.25) is 0 Å². The Balaban J connectivity index is 2.29. The second-order valence-corrected chi connectivity index (χ2v) is 5.42. The third-order valence-corrected chi connectivity index (χ3v) is 4.49. The van der Waals surface area contributed by atoms with Gasteiger partial charge in [0.1, 0.15) is 5.57 Å². The number of rotatable bonds is 0. The number of thioether (sulfide) groups is 2. The number of hydrogen-bond donors (Lipinski definition) is 2. The van der Waals surface area contributed by atoms with Gasteiger partial charge in [0.15, 0.2) is 0 Å². The van der Waals surface area contributed by atoms with Crippen molar-refractivity contribution in [2.24, 2.45) is 0 Å². The van der Waals surface area contributed by atoms with Crippen LogP contribution in [0.25, 0.3) is 0 Å². The molecule has 15 heavy (non-hydrogen) atoms. The summed E-state index contributed by atoms with van der Waals surface area (Å²) in [6.07, 6.45) is 1.06. The van der Waals surface area contributed by atoms with Crippen LogP contribution in [0.5, 0.6) is 0 Å². The van der Waals surface area contributed by atoms with Crippen LogP contribution in [0.3, 0.4) is 0 Å². The van der Waals surface area contributed by atoms with E-state index in [1.54, 1.807) is 0 Å². The predicted molar refractivity (Wildman–Crippen MR) is 58.2 cm³/mol. The fraction of sp³-hybridized carbons (Fsp3) is 0.375. The van der Waals surface area contributed by atoms with Crippen molar-refractivity contribution in [1.29, 1.82) is 0 Å². The zero-order valence-corrected chi connectivity index (χ0v) is 9.30. The van der Waals surface area contributed by atoms with Crippen molar-refractivity contribution in [2.45, 2.75) is 6.42 Å². The number of hydrogen-bond acceptors (Lipinski definition) is 5. The van der Waals surface area contributed by atoms with Gasteiger partial charge in [-0.2, -0.15) is 0 Å². The van der Waals surface area contributed by atoms with Crippen molar-refractivity contribution in [3.8, 4) is 0 Å². The molecule has 2 saturated heterocycles. The SMILES string of the molecule is O=C1NC(=O)C(=C2SCCCS2)C(=O)N1. The molecule has 5 nitrogen and oxygen atoms in total. The third-order valence-electron chi connectivity index (χ3n) is 1.87. The molecule has 0 aliphatic carbocycles. The van der Waals surface area contributed by atoms with Gasteiger partial charge in [0.25, 0.3) is 11.8 Å². The molecule has 2 heterocycles. The maximum Gasteiger partial charge on any atom is 0.328 e. The van der Waals surface area contributed by atoms with E-state index in [2.05, 4.69) is 10.6 Å². The summed E-state index contributed by atoms with van der Waals surface area (Å²) in [5.74, 6) is 0.613. The Labute approximate surface area is 94.4 Å². The minimum atomic E-state index is -0.750. The number of urea groups is 1. The monoisotopic (exact) mass is 244 g/mol. The van der Waals surface area contributed by atoms with E-state index in [-0.39, 0.29) is 5.57 Å². The first-order valence-corrected chi connectivity index (χ1v) is 6.32. The smallest absolute Gasteiger partial charge is 0.273 e. The Hall–Kier alpha value is -0.950. The van der Waals surface area contributed by atoms with Crippen LogP contribution < -0.4 is 10.6 Å². The van der Waals surface area contributed by atoms with Gasteiger partial charge in [-0.15, -0.1) is 23.5 Å². The lowest BCUT2D eigenvalue weighted by Gasteiger charge is -2.19. The molecule has 0 radical (unpaired) electrons. The molecule has 0 atom stereocenters. The number of amides is 4. The number of carbonyl (C=O) groups excluding carboxylic acids is 3. The molecule has 0 unspecified atom stereocenters. The van der Waals surface area contributed by atoms with Crippen LogP contribution in [0, 0.1) is 0 Å². The lowest BCUT2D eigenvalue weighted by molar-refractivity contribution is -0.124. The van der Waals surface area contributed by atoms with Crippen LogP contribution in [0.4, 0.5) is 4.79 Å². The Bertz CT molecular complexity index is 348. The molecule has 0 aromatic carbocycles. The number of nitrogens with one attached hydrogen (secondary N) is 2. The van der Waals surface area contributed by atoms with Crippen LogP contribution in [0.15, 0.2) is 9.81 Å². The fourth-order valence-electron chi connectivity index (χ4n) is 1.23. The van der Waals surface area contributed by atoms with Gasteiger partial charge >= 0.3 is 6.03 Å². The van der Waals surface area contributed by atoms with E-state index in [4.69, 9.17) is 0 Å². The molecule has 7 heteroatoms. The lowest BCUT2D eigenvalue weighted by Crippen LogP contribution is -2.51. The van der Waals surface area contributed by atoms with Crippen molar-refractivity contribution in [3.63, 3.8) is 0 Å². The van der Waals surface area contributed by atoms with Crippen LogP contribution in [0.1, 0.15) is 6.42 Å². The molecular weight excluding hydrogens is 236 g/mol. The highest BCUT2D eigenvalue weighted by molar-refractivity contribution is 8.22. The standard InChI is InChI=1S/C8H8N2O3S2/c11-5-4(6(12)10-8(13)9-5)7-14-2-1-3-15-7/h1-3H2,(H2,9,10,11,12,13). The van der Waals surface area contributed by atoms with Crippen LogP contribution in [-0.2, 0) is 9.59 Å². The van der Waals surface area contributed by atoms with Crippen molar-refractivity contribution in [3.05, 3.63) is 9.81 Å². The van der Waals surface area contributed by atoms with Crippen molar-refractivity contribution < 1.29 is 14.4 Å². The fourth-order valence-corrected chi connectivity index (χ4v) is 3.85. The van der Waals surface area contributed by atoms with Gasteiger partial charge in [-0.1, -0.05) is 0 Å². The lowest BCUT2D eigenvalue weighted by atomic mass is 10.2. The minimum absolute atomic E-state index is 0.0734. The highest BCUT2D eigenvalue weighted by Crippen LogP contribution is 2.37. The molecule has 0 aromatic rings. The second kappa shape index (κ2) is 4.28. The summed E-state index contributed by atoms with van der Waals surface area (Å²) in [5.41, 5.74) is 0.0734. The Morgan fingerprint density at radius 3 is 2.00 bits per heavy atom. The Morgan fingerprint density at radius 2 is 1.47 bits per heavy atom. The first kappa shape index (κ1) is 10.6. The van der Waals surface area contributed by atoms with Gasteiger partial charge in [-0.05, 0) is 17.9 Å². The normalized spacial score (nSPS) is 22.5. The average Bonchev–Trinajstić information content (AvgIpc) is 2.17. The molecule has 4 amide bonds. The van der Waals surface area contributed by atoms with E-state index in [1.807, 2.05) is 0 Å². The van der Waals surface area contributed by atoms with E-state index < -0.39 is 17.8 Å². The van der Waals surface area contributed by atoms with Crippen molar-refractivity contribution in [1.82, 2.24) is 10.6 Å². The van der Waals surface area contributed by atoms with Crippen molar-refractivity contribution >= 4 is 41.4 Å². The number of imide groups is 2. The zero-order valence-electron chi connectivity index (χ0n) is 7.66. The van der Waals surface area contributed by atoms with E-state index in [1.165, 1.54) is 23.5 Å². The van der Waals surface area contributed by atoms with Gasteiger partial charge in [-0.3, -0.25) is 20.2 Å². The molecule has 2 aliphatic rings. The van der Waals surface area contributed by atoms with Gasteiger partial charge in [0, 0.05) is 0 Å². The first-order chi connectivity index (χ1) is 7.18. The molecule has 2 N–H and O–H groups in total. The summed E-state index contributed by atoms with van der Waals surface area (Å²) >= 11 is 2.98. The number of carbonyl (C=O) groups is 3. The molecule has 0 aromatic heterocycles. The third kappa shape index (κ3) is 2.18. The summed E-state index contributed by atoms with van der Waals surface area (Å²) in [7, 11) is 0. The average molecular weight is 244 g/mol. The van der Waals surface area contributed by atoms with E-state index in [0.29, 0.717) is 4.24 Å².